The van der Waals surface area contributed by atoms with E-state index < -0.39 is 6.10 Å². The largest absolute Gasteiger partial charge is 0.403 e. The molecule has 0 saturated carbocycles. The highest BCUT2D eigenvalue weighted by Gasteiger charge is 2.18. The van der Waals surface area contributed by atoms with Gasteiger partial charge in [-0.25, -0.2) is 4.57 Å². The number of nitrogens with zero attached hydrogens (tertiary/aromatic N) is 6. The Morgan fingerprint density at radius 1 is 1.07 bits per heavy atom. The van der Waals surface area contributed by atoms with Crippen molar-refractivity contribution < 1.29 is 9.67 Å². The van der Waals surface area contributed by atoms with E-state index in [2.05, 4.69) is 63.5 Å². The van der Waals surface area contributed by atoms with Crippen molar-refractivity contribution in [1.82, 2.24) is 9.78 Å². The molecule has 1 N–H and O–H groups in total. The van der Waals surface area contributed by atoms with Crippen LogP contribution in [0.3, 0.4) is 0 Å². The van der Waals surface area contributed by atoms with Crippen LogP contribution in [0.2, 0.25) is 0 Å². The fraction of sp³-hybridized carbons (Fsp3) is 0.364. The summed E-state index contributed by atoms with van der Waals surface area (Å²) in [6.07, 6.45) is 1.20. The van der Waals surface area contributed by atoms with Crippen LogP contribution in [0.4, 0.5) is 17.3 Å². The Balaban J connectivity index is 1.74. The number of hydrogen-bond donors (Lipinski definition) is 1. The van der Waals surface area contributed by atoms with E-state index in [1.54, 1.807) is 17.9 Å². The Labute approximate surface area is 172 Å². The van der Waals surface area contributed by atoms with Gasteiger partial charge in [0.2, 0.25) is 6.33 Å². The number of aliphatic hydroxyl groups excluding tert-OH is 1. The van der Waals surface area contributed by atoms with Crippen LogP contribution in [-0.2, 0) is 19.6 Å². The molecular weight excluding hydrogens is 364 g/mol. The van der Waals surface area contributed by atoms with Gasteiger partial charge in [-0.15, -0.1) is 4.68 Å². The van der Waals surface area contributed by atoms with Crippen molar-refractivity contribution in [3.63, 3.8) is 0 Å². The van der Waals surface area contributed by atoms with Crippen molar-refractivity contribution in [3.05, 3.63) is 66.5 Å². The lowest BCUT2D eigenvalue weighted by Crippen LogP contribution is -2.37. The molecule has 1 aromatic heterocycles. The second kappa shape index (κ2) is 9.93. The highest BCUT2D eigenvalue weighted by Crippen LogP contribution is 2.22. The Morgan fingerprint density at radius 3 is 2.41 bits per heavy atom. The smallest absolute Gasteiger partial charge is 0.390 e. The van der Waals surface area contributed by atoms with E-state index in [0.717, 1.165) is 24.5 Å². The number of rotatable bonds is 9. The Bertz CT molecular complexity index is 918. The van der Waals surface area contributed by atoms with Crippen LogP contribution in [0, 0.1) is 0 Å². The summed E-state index contributed by atoms with van der Waals surface area (Å²) < 4.78 is 3.57. The standard InChI is InChI=1S/C22H29N6O/c1-4-26(16-19-9-7-6-8-10-19)21-13-11-20(12-14-21)24-25-22-27(15-18(3)29)17-23-28(22)5-2/h6-14,17-18,29H,4-5,15-16H2,1-3H3/q+1. The van der Waals surface area contributed by atoms with Gasteiger partial charge in [0.15, 0.2) is 0 Å². The van der Waals surface area contributed by atoms with E-state index >= 15 is 0 Å². The summed E-state index contributed by atoms with van der Waals surface area (Å²) in [7, 11) is 0. The first-order chi connectivity index (χ1) is 14.1. The number of azo groups is 1. The quantitative estimate of drug-likeness (QED) is 0.441. The molecule has 7 nitrogen and oxygen atoms in total. The Morgan fingerprint density at radius 2 is 1.79 bits per heavy atom. The van der Waals surface area contributed by atoms with Crippen molar-refractivity contribution in [3.8, 4) is 0 Å². The van der Waals surface area contributed by atoms with Crippen molar-refractivity contribution in [2.45, 2.75) is 46.5 Å². The first-order valence-corrected chi connectivity index (χ1v) is 10.0. The predicted molar refractivity (Wildman–Crippen MR) is 114 cm³/mol. The maximum atomic E-state index is 9.67. The van der Waals surface area contributed by atoms with E-state index in [1.807, 2.05) is 29.7 Å². The van der Waals surface area contributed by atoms with Crippen LogP contribution in [0.1, 0.15) is 26.3 Å². The average molecular weight is 394 g/mol. The monoisotopic (exact) mass is 393 g/mol. The maximum absolute atomic E-state index is 9.67. The summed E-state index contributed by atoms with van der Waals surface area (Å²) in [5, 5.41) is 22.7. The molecule has 29 heavy (non-hydrogen) atoms. The van der Waals surface area contributed by atoms with E-state index in [0.29, 0.717) is 19.0 Å². The predicted octanol–water partition coefficient (Wildman–Crippen LogP) is 4.01. The molecule has 0 saturated heterocycles. The maximum Gasteiger partial charge on any atom is 0.403 e. The summed E-state index contributed by atoms with van der Waals surface area (Å²) in [5.41, 5.74) is 3.21. The molecule has 0 amide bonds. The third-order valence-corrected chi connectivity index (χ3v) is 4.65. The lowest BCUT2D eigenvalue weighted by molar-refractivity contribution is -0.691. The molecule has 152 valence electrons. The van der Waals surface area contributed by atoms with Gasteiger partial charge in [-0.1, -0.05) is 35.4 Å². The summed E-state index contributed by atoms with van der Waals surface area (Å²) in [6, 6.07) is 18.5. The van der Waals surface area contributed by atoms with Crippen molar-refractivity contribution >= 4 is 17.3 Å². The molecular formula is C22H29N6O+. The van der Waals surface area contributed by atoms with E-state index in [-0.39, 0.29) is 0 Å². The zero-order valence-electron chi connectivity index (χ0n) is 17.3. The third-order valence-electron chi connectivity index (χ3n) is 4.65. The first-order valence-electron chi connectivity index (χ1n) is 10.0. The SMILES string of the molecule is CCN(Cc1ccccc1)c1ccc(N=Nc2n(CC)nc[n+]2CC(C)O)cc1. The van der Waals surface area contributed by atoms with Gasteiger partial charge in [0.05, 0.1) is 24.9 Å². The summed E-state index contributed by atoms with van der Waals surface area (Å²) in [6.45, 7) is 8.80. The molecule has 3 aromatic rings. The molecule has 0 bridgehead atoms. The first kappa shape index (κ1) is 20.7. The van der Waals surface area contributed by atoms with Crippen LogP contribution >= 0.6 is 0 Å². The second-order valence-electron chi connectivity index (χ2n) is 6.96. The zero-order valence-corrected chi connectivity index (χ0v) is 17.3. The van der Waals surface area contributed by atoms with Crippen LogP contribution in [0.25, 0.3) is 0 Å². The Hall–Kier alpha value is -3.06. The topological polar surface area (TPSA) is 69.9 Å². The molecule has 7 heteroatoms. The van der Waals surface area contributed by atoms with E-state index in [1.165, 1.54) is 5.56 Å². The number of aromatic nitrogens is 3. The highest BCUT2D eigenvalue weighted by atomic mass is 16.3. The van der Waals surface area contributed by atoms with Crippen LogP contribution in [0.5, 0.6) is 0 Å². The minimum atomic E-state index is -0.479. The van der Waals surface area contributed by atoms with Gasteiger partial charge in [0, 0.05) is 23.9 Å². The normalized spacial score (nSPS) is 12.4. The molecule has 3 rings (SSSR count). The van der Waals surface area contributed by atoms with Crippen molar-refractivity contribution in [2.24, 2.45) is 10.2 Å². The van der Waals surface area contributed by atoms with E-state index in [9.17, 15) is 5.11 Å². The minimum absolute atomic E-state index is 0.429. The molecule has 0 aliphatic carbocycles. The van der Waals surface area contributed by atoms with Gasteiger partial charge in [-0.2, -0.15) is 0 Å². The van der Waals surface area contributed by atoms with Crippen LogP contribution < -0.4 is 9.47 Å². The Kier molecular flexibility index (Phi) is 7.08. The molecule has 0 aliphatic heterocycles. The fourth-order valence-electron chi connectivity index (χ4n) is 3.14. The lowest BCUT2D eigenvalue weighted by atomic mass is 10.2. The second-order valence-corrected chi connectivity index (χ2v) is 6.96. The average Bonchev–Trinajstić information content (AvgIpc) is 3.12. The van der Waals surface area contributed by atoms with Gasteiger partial charge in [0.1, 0.15) is 0 Å². The van der Waals surface area contributed by atoms with Gasteiger partial charge >= 0.3 is 5.95 Å². The highest BCUT2D eigenvalue weighted by molar-refractivity contribution is 5.53. The molecule has 0 spiro atoms. The van der Waals surface area contributed by atoms with Crippen LogP contribution in [-0.4, -0.2) is 27.5 Å². The lowest BCUT2D eigenvalue weighted by Gasteiger charge is -2.23. The molecule has 1 heterocycles. The number of aliphatic hydroxyl groups is 1. The minimum Gasteiger partial charge on any atom is -0.390 e. The molecule has 0 fully saturated rings. The number of hydrogen-bond acceptors (Lipinski definition) is 5. The van der Waals surface area contributed by atoms with Gasteiger partial charge in [-0.05, 0) is 55.7 Å². The molecule has 1 atom stereocenters. The van der Waals surface area contributed by atoms with Gasteiger partial charge in [-0.3, -0.25) is 0 Å². The summed E-state index contributed by atoms with van der Waals surface area (Å²) in [5.74, 6) is 0.622. The number of benzene rings is 2. The molecule has 1 unspecified atom stereocenters. The number of anilines is 1. The summed E-state index contributed by atoms with van der Waals surface area (Å²) >= 11 is 0. The third kappa shape index (κ3) is 5.48. The van der Waals surface area contributed by atoms with Gasteiger partial charge in [0.25, 0.3) is 0 Å². The fourth-order valence-corrected chi connectivity index (χ4v) is 3.14. The zero-order chi connectivity index (χ0) is 20.6. The van der Waals surface area contributed by atoms with Crippen molar-refractivity contribution in [1.29, 1.82) is 0 Å². The van der Waals surface area contributed by atoms with Crippen molar-refractivity contribution in [2.75, 3.05) is 11.4 Å². The molecule has 0 radical (unpaired) electrons. The van der Waals surface area contributed by atoms with Gasteiger partial charge < -0.3 is 10.0 Å². The van der Waals surface area contributed by atoms with E-state index in [4.69, 9.17) is 0 Å². The van der Waals surface area contributed by atoms with Crippen LogP contribution in [0.15, 0.2) is 71.2 Å². The molecule has 2 aromatic carbocycles. The number of aryl methyl sites for hydroxylation is 1. The molecule has 0 aliphatic rings. The summed E-state index contributed by atoms with van der Waals surface area (Å²) in [4.78, 5) is 2.32.